The van der Waals surface area contributed by atoms with Crippen molar-refractivity contribution in [2.24, 2.45) is 5.92 Å². The summed E-state index contributed by atoms with van der Waals surface area (Å²) in [5.74, 6) is 0.285. The lowest BCUT2D eigenvalue weighted by Gasteiger charge is -2.27. The van der Waals surface area contributed by atoms with Crippen LogP contribution >= 0.6 is 0 Å². The normalized spacial score (nSPS) is 21.2. The van der Waals surface area contributed by atoms with Gasteiger partial charge in [0.2, 0.25) is 5.91 Å². The predicted molar refractivity (Wildman–Crippen MR) is 67.0 cm³/mol. The molecular formula is C13H22N2O3. The molecular weight excluding hydrogens is 232 g/mol. The van der Waals surface area contributed by atoms with E-state index in [4.69, 9.17) is 4.74 Å². The Kier molecular flexibility index (Phi) is 4.22. The SMILES string of the molecule is COC(=O)C(C1CC1)N(C)CC(=O)N1CCCC1. The first-order valence-corrected chi connectivity index (χ1v) is 6.69. The largest absolute Gasteiger partial charge is 0.468 e. The zero-order chi connectivity index (χ0) is 13.1. The summed E-state index contributed by atoms with van der Waals surface area (Å²) in [7, 11) is 3.25. The molecule has 0 aromatic rings. The van der Waals surface area contributed by atoms with Crippen LogP contribution in [0.1, 0.15) is 25.7 Å². The molecule has 102 valence electrons. The summed E-state index contributed by atoms with van der Waals surface area (Å²) in [6, 6.07) is -0.249. The second kappa shape index (κ2) is 5.69. The lowest BCUT2D eigenvalue weighted by Crippen LogP contribution is -2.46. The molecule has 0 spiro atoms. The van der Waals surface area contributed by atoms with Crippen LogP contribution in [0, 0.1) is 5.92 Å². The fourth-order valence-electron chi connectivity index (χ4n) is 2.64. The van der Waals surface area contributed by atoms with Gasteiger partial charge in [-0.3, -0.25) is 14.5 Å². The van der Waals surface area contributed by atoms with E-state index in [0.29, 0.717) is 12.5 Å². The van der Waals surface area contributed by atoms with Gasteiger partial charge in [0.1, 0.15) is 6.04 Å². The summed E-state index contributed by atoms with van der Waals surface area (Å²) in [5, 5.41) is 0. The minimum Gasteiger partial charge on any atom is -0.468 e. The fraction of sp³-hybridized carbons (Fsp3) is 0.846. The van der Waals surface area contributed by atoms with Crippen molar-refractivity contribution in [2.45, 2.75) is 31.7 Å². The number of likely N-dealkylation sites (N-methyl/N-ethyl adjacent to an activating group) is 1. The second-order valence-corrected chi connectivity index (χ2v) is 5.31. The van der Waals surface area contributed by atoms with Crippen molar-refractivity contribution in [2.75, 3.05) is 33.8 Å². The standard InChI is InChI=1S/C13H22N2O3/c1-14(9-11(16)15-7-3-4-8-15)12(10-5-6-10)13(17)18-2/h10,12H,3-9H2,1-2H3. The third kappa shape index (κ3) is 3.02. The highest BCUT2D eigenvalue weighted by Gasteiger charge is 2.40. The Bertz CT molecular complexity index is 322. The highest BCUT2D eigenvalue weighted by Crippen LogP contribution is 2.35. The van der Waals surface area contributed by atoms with Crippen LogP contribution in [-0.4, -0.2) is 61.5 Å². The molecule has 5 heteroatoms. The number of amides is 1. The molecule has 2 fully saturated rings. The number of hydrogen-bond donors (Lipinski definition) is 0. The number of esters is 1. The van der Waals surface area contributed by atoms with Crippen molar-refractivity contribution in [1.82, 2.24) is 9.80 Å². The summed E-state index contributed by atoms with van der Waals surface area (Å²) < 4.78 is 4.84. The molecule has 2 aliphatic rings. The first-order chi connectivity index (χ1) is 8.63. The number of carbonyl (C=O) groups excluding carboxylic acids is 2. The van der Waals surface area contributed by atoms with Gasteiger partial charge < -0.3 is 9.64 Å². The van der Waals surface area contributed by atoms with E-state index in [-0.39, 0.29) is 17.9 Å². The summed E-state index contributed by atoms with van der Waals surface area (Å²) in [5.41, 5.74) is 0. The number of hydrogen-bond acceptors (Lipinski definition) is 4. The van der Waals surface area contributed by atoms with Crippen molar-refractivity contribution < 1.29 is 14.3 Å². The number of likely N-dealkylation sites (tertiary alicyclic amines) is 1. The monoisotopic (exact) mass is 254 g/mol. The van der Waals surface area contributed by atoms with Gasteiger partial charge in [-0.15, -0.1) is 0 Å². The summed E-state index contributed by atoms with van der Waals surface area (Å²) in [6.07, 6.45) is 4.31. The Hall–Kier alpha value is -1.10. The molecule has 1 saturated carbocycles. The van der Waals surface area contributed by atoms with Gasteiger partial charge in [-0.2, -0.15) is 0 Å². The molecule has 0 radical (unpaired) electrons. The first-order valence-electron chi connectivity index (χ1n) is 6.69. The summed E-state index contributed by atoms with van der Waals surface area (Å²) in [6.45, 7) is 2.04. The maximum atomic E-state index is 12.0. The van der Waals surface area contributed by atoms with Gasteiger partial charge >= 0.3 is 5.97 Å². The third-order valence-electron chi connectivity index (χ3n) is 3.83. The van der Waals surface area contributed by atoms with Gasteiger partial charge in [-0.05, 0) is 38.6 Å². The van der Waals surface area contributed by atoms with Crippen molar-refractivity contribution in [3.05, 3.63) is 0 Å². The molecule has 1 aliphatic carbocycles. The van der Waals surface area contributed by atoms with Gasteiger partial charge in [0.05, 0.1) is 13.7 Å². The fourth-order valence-corrected chi connectivity index (χ4v) is 2.64. The van der Waals surface area contributed by atoms with Crippen molar-refractivity contribution in [3.8, 4) is 0 Å². The molecule has 18 heavy (non-hydrogen) atoms. The topological polar surface area (TPSA) is 49.9 Å². The highest BCUT2D eigenvalue weighted by molar-refractivity contribution is 5.81. The Morgan fingerprint density at radius 1 is 1.33 bits per heavy atom. The zero-order valence-corrected chi connectivity index (χ0v) is 11.2. The number of nitrogens with zero attached hydrogens (tertiary/aromatic N) is 2. The minimum atomic E-state index is -0.249. The summed E-state index contributed by atoms with van der Waals surface area (Å²) in [4.78, 5) is 27.5. The van der Waals surface area contributed by atoms with Crippen molar-refractivity contribution in [3.63, 3.8) is 0 Å². The van der Waals surface area contributed by atoms with Gasteiger partial charge in [0.25, 0.3) is 0 Å². The molecule has 0 aromatic heterocycles. The number of ether oxygens (including phenoxy) is 1. The van der Waals surface area contributed by atoms with Crippen LogP contribution in [-0.2, 0) is 14.3 Å². The predicted octanol–water partition coefficient (Wildman–Crippen LogP) is 0.492. The molecule has 1 atom stereocenters. The van der Waals surface area contributed by atoms with Crippen LogP contribution in [0.25, 0.3) is 0 Å². The van der Waals surface area contributed by atoms with E-state index >= 15 is 0 Å². The molecule has 0 aromatic carbocycles. The van der Waals surface area contributed by atoms with Gasteiger partial charge in [-0.1, -0.05) is 0 Å². The molecule has 1 saturated heterocycles. The van der Waals surface area contributed by atoms with E-state index in [1.165, 1.54) is 7.11 Å². The smallest absolute Gasteiger partial charge is 0.323 e. The van der Waals surface area contributed by atoms with Crippen LogP contribution in [0.4, 0.5) is 0 Å². The Labute approximate surface area is 108 Å². The maximum absolute atomic E-state index is 12.0. The van der Waals surface area contributed by atoms with E-state index in [2.05, 4.69) is 0 Å². The van der Waals surface area contributed by atoms with Gasteiger partial charge in [0, 0.05) is 13.1 Å². The van der Waals surface area contributed by atoms with Crippen LogP contribution in [0.2, 0.25) is 0 Å². The molecule has 5 nitrogen and oxygen atoms in total. The molecule has 0 bridgehead atoms. The average molecular weight is 254 g/mol. The molecule has 2 rings (SSSR count). The van der Waals surface area contributed by atoms with E-state index in [0.717, 1.165) is 38.8 Å². The van der Waals surface area contributed by atoms with Gasteiger partial charge in [0.15, 0.2) is 0 Å². The molecule has 1 amide bonds. The number of carbonyl (C=O) groups is 2. The first kappa shape index (κ1) is 13.3. The maximum Gasteiger partial charge on any atom is 0.323 e. The summed E-state index contributed by atoms with van der Waals surface area (Å²) >= 11 is 0. The van der Waals surface area contributed by atoms with Crippen LogP contribution in [0.15, 0.2) is 0 Å². The van der Waals surface area contributed by atoms with Crippen LogP contribution in [0.3, 0.4) is 0 Å². The molecule has 1 aliphatic heterocycles. The van der Waals surface area contributed by atoms with Crippen LogP contribution in [0.5, 0.6) is 0 Å². The number of rotatable bonds is 5. The average Bonchev–Trinajstić information content (AvgIpc) is 3.01. The van der Waals surface area contributed by atoms with Crippen LogP contribution < -0.4 is 0 Å². The minimum absolute atomic E-state index is 0.129. The Morgan fingerprint density at radius 3 is 2.44 bits per heavy atom. The quantitative estimate of drug-likeness (QED) is 0.670. The van der Waals surface area contributed by atoms with Crippen molar-refractivity contribution >= 4 is 11.9 Å². The van der Waals surface area contributed by atoms with Gasteiger partial charge in [-0.25, -0.2) is 0 Å². The lowest BCUT2D eigenvalue weighted by atomic mass is 10.1. The third-order valence-corrected chi connectivity index (χ3v) is 3.83. The van der Waals surface area contributed by atoms with E-state index < -0.39 is 0 Å². The highest BCUT2D eigenvalue weighted by atomic mass is 16.5. The van der Waals surface area contributed by atoms with E-state index in [9.17, 15) is 9.59 Å². The molecule has 1 unspecified atom stereocenters. The van der Waals surface area contributed by atoms with E-state index in [1.54, 1.807) is 0 Å². The second-order valence-electron chi connectivity index (χ2n) is 5.31. The number of methoxy groups -OCH3 is 1. The van der Waals surface area contributed by atoms with E-state index in [1.807, 2.05) is 16.8 Å². The molecule has 1 heterocycles. The Balaban J connectivity index is 1.89. The zero-order valence-electron chi connectivity index (χ0n) is 11.2. The van der Waals surface area contributed by atoms with Crippen molar-refractivity contribution in [1.29, 1.82) is 0 Å². The molecule has 0 N–H and O–H groups in total. The Morgan fingerprint density at radius 2 is 1.94 bits per heavy atom. The lowest BCUT2D eigenvalue weighted by molar-refractivity contribution is -0.148.